The third kappa shape index (κ3) is 3.36. The molecule has 0 saturated heterocycles. The highest BCUT2D eigenvalue weighted by molar-refractivity contribution is 5.73. The minimum atomic E-state index is 0.773. The van der Waals surface area contributed by atoms with Crippen molar-refractivity contribution >= 4 is 11.0 Å². The lowest BCUT2D eigenvalue weighted by Crippen LogP contribution is -2.15. The van der Waals surface area contributed by atoms with Gasteiger partial charge >= 0.3 is 0 Å². The van der Waals surface area contributed by atoms with Crippen LogP contribution in [0.15, 0.2) is 42.6 Å². The molecule has 1 heterocycles. The van der Waals surface area contributed by atoms with E-state index >= 15 is 0 Å². The Labute approximate surface area is 102 Å². The fourth-order valence-electron chi connectivity index (χ4n) is 1.65. The molecule has 17 heavy (non-hydrogen) atoms. The fraction of sp³-hybridized carbons (Fsp3) is 0.286. The van der Waals surface area contributed by atoms with E-state index in [-0.39, 0.29) is 0 Å². The van der Waals surface area contributed by atoms with Gasteiger partial charge in [-0.05, 0) is 32.0 Å². The third-order valence-corrected chi connectivity index (χ3v) is 2.53. The van der Waals surface area contributed by atoms with Gasteiger partial charge in [0.15, 0.2) is 0 Å². The molecule has 0 radical (unpaired) electrons. The first-order valence-electron chi connectivity index (χ1n) is 5.92. The molecule has 0 spiro atoms. The first-order valence-corrected chi connectivity index (χ1v) is 5.92. The fourth-order valence-corrected chi connectivity index (χ4v) is 1.65. The molecule has 1 aromatic heterocycles. The summed E-state index contributed by atoms with van der Waals surface area (Å²) >= 11 is 0. The van der Waals surface area contributed by atoms with E-state index < -0.39 is 0 Å². The van der Waals surface area contributed by atoms with Gasteiger partial charge in [-0.3, -0.25) is 4.98 Å². The number of aromatic nitrogens is 2. The van der Waals surface area contributed by atoms with Crippen molar-refractivity contribution in [1.29, 1.82) is 0 Å². The van der Waals surface area contributed by atoms with Gasteiger partial charge in [-0.25, -0.2) is 4.98 Å². The molecule has 0 unspecified atom stereocenters. The van der Waals surface area contributed by atoms with E-state index in [9.17, 15) is 0 Å². The molecule has 0 fully saturated rings. The second kappa shape index (κ2) is 6.11. The van der Waals surface area contributed by atoms with E-state index in [1.54, 1.807) is 0 Å². The van der Waals surface area contributed by atoms with Crippen molar-refractivity contribution in [3.05, 3.63) is 48.3 Å². The molecular weight excluding hydrogens is 210 g/mol. The van der Waals surface area contributed by atoms with Crippen LogP contribution < -0.4 is 5.32 Å². The van der Waals surface area contributed by atoms with Gasteiger partial charge in [-0.1, -0.05) is 24.3 Å². The smallest absolute Gasteiger partial charge is 0.0890 e. The standard InChI is InChI=1S/C14H17N3/c1-2-3-6-9-15-10-12-11-16-13-7-4-5-8-14(13)17-12/h2-5,7-8,11,15H,6,9-10H2,1H3/b3-2+. The van der Waals surface area contributed by atoms with E-state index in [4.69, 9.17) is 0 Å². The summed E-state index contributed by atoms with van der Waals surface area (Å²) in [5.74, 6) is 0. The molecule has 3 heteroatoms. The predicted molar refractivity (Wildman–Crippen MR) is 70.7 cm³/mol. The molecule has 0 atom stereocenters. The normalized spacial score (nSPS) is 11.4. The molecular formula is C14H17N3. The summed E-state index contributed by atoms with van der Waals surface area (Å²) in [5.41, 5.74) is 2.90. The molecule has 0 aliphatic carbocycles. The number of rotatable bonds is 5. The van der Waals surface area contributed by atoms with Crippen molar-refractivity contribution < 1.29 is 0 Å². The zero-order chi connectivity index (χ0) is 11.9. The number of nitrogens with zero attached hydrogens (tertiary/aromatic N) is 2. The quantitative estimate of drug-likeness (QED) is 0.630. The lowest BCUT2D eigenvalue weighted by molar-refractivity contribution is 0.682. The van der Waals surface area contributed by atoms with Gasteiger partial charge in [0.2, 0.25) is 0 Å². The van der Waals surface area contributed by atoms with Gasteiger partial charge in [0.25, 0.3) is 0 Å². The Morgan fingerprint density at radius 2 is 2.06 bits per heavy atom. The van der Waals surface area contributed by atoms with Crippen molar-refractivity contribution in [2.45, 2.75) is 19.9 Å². The van der Waals surface area contributed by atoms with Crippen LogP contribution in [0, 0.1) is 0 Å². The highest BCUT2D eigenvalue weighted by Crippen LogP contribution is 2.08. The lowest BCUT2D eigenvalue weighted by Gasteiger charge is -2.03. The van der Waals surface area contributed by atoms with Crippen LogP contribution in [0.1, 0.15) is 19.0 Å². The van der Waals surface area contributed by atoms with Gasteiger partial charge in [0.1, 0.15) is 0 Å². The Kier molecular flexibility index (Phi) is 4.22. The second-order valence-electron chi connectivity index (χ2n) is 3.88. The Balaban J connectivity index is 1.95. The maximum atomic E-state index is 4.55. The van der Waals surface area contributed by atoms with Crippen molar-refractivity contribution in [2.24, 2.45) is 0 Å². The molecule has 1 N–H and O–H groups in total. The van der Waals surface area contributed by atoms with Crippen LogP contribution in [0.4, 0.5) is 0 Å². The molecule has 3 nitrogen and oxygen atoms in total. The van der Waals surface area contributed by atoms with E-state index in [1.165, 1.54) is 0 Å². The summed E-state index contributed by atoms with van der Waals surface area (Å²) < 4.78 is 0. The van der Waals surface area contributed by atoms with E-state index in [0.717, 1.165) is 36.2 Å². The molecule has 0 aliphatic rings. The van der Waals surface area contributed by atoms with Gasteiger partial charge in [-0.15, -0.1) is 0 Å². The second-order valence-corrected chi connectivity index (χ2v) is 3.88. The summed E-state index contributed by atoms with van der Waals surface area (Å²) in [5, 5.41) is 3.35. The molecule has 0 saturated carbocycles. The average Bonchev–Trinajstić information content (AvgIpc) is 2.38. The number of hydrogen-bond acceptors (Lipinski definition) is 3. The van der Waals surface area contributed by atoms with Gasteiger partial charge in [-0.2, -0.15) is 0 Å². The zero-order valence-electron chi connectivity index (χ0n) is 10.1. The molecule has 0 bridgehead atoms. The Bertz CT molecular complexity index is 506. The third-order valence-electron chi connectivity index (χ3n) is 2.53. The molecule has 0 amide bonds. The molecule has 1 aromatic carbocycles. The summed E-state index contributed by atoms with van der Waals surface area (Å²) in [6.45, 7) is 3.78. The van der Waals surface area contributed by atoms with E-state index in [1.807, 2.05) is 37.4 Å². The average molecular weight is 227 g/mol. The summed E-state index contributed by atoms with van der Waals surface area (Å²) in [4.78, 5) is 8.93. The SMILES string of the molecule is C/C=C/CCNCc1cnc2ccccc2n1. The Morgan fingerprint density at radius 3 is 2.88 bits per heavy atom. The monoisotopic (exact) mass is 227 g/mol. The van der Waals surface area contributed by atoms with Gasteiger partial charge in [0.05, 0.1) is 22.9 Å². The molecule has 2 rings (SSSR count). The summed E-state index contributed by atoms with van der Waals surface area (Å²) in [6.07, 6.45) is 7.11. The predicted octanol–water partition coefficient (Wildman–Crippen LogP) is 2.69. The lowest BCUT2D eigenvalue weighted by atomic mass is 10.3. The van der Waals surface area contributed by atoms with Gasteiger partial charge < -0.3 is 5.32 Å². The Hall–Kier alpha value is -1.74. The minimum Gasteiger partial charge on any atom is -0.311 e. The van der Waals surface area contributed by atoms with Crippen LogP contribution in [0.3, 0.4) is 0 Å². The van der Waals surface area contributed by atoms with Crippen molar-refractivity contribution in [1.82, 2.24) is 15.3 Å². The number of hydrogen-bond donors (Lipinski definition) is 1. The van der Waals surface area contributed by atoms with E-state index in [0.29, 0.717) is 0 Å². The maximum absolute atomic E-state index is 4.55. The molecule has 2 aromatic rings. The summed E-state index contributed by atoms with van der Waals surface area (Å²) in [7, 11) is 0. The Morgan fingerprint density at radius 1 is 1.24 bits per heavy atom. The maximum Gasteiger partial charge on any atom is 0.0890 e. The van der Waals surface area contributed by atoms with Crippen molar-refractivity contribution in [2.75, 3.05) is 6.54 Å². The first kappa shape index (κ1) is 11.7. The molecule has 0 aliphatic heterocycles. The number of para-hydroxylation sites is 2. The zero-order valence-corrected chi connectivity index (χ0v) is 10.1. The van der Waals surface area contributed by atoms with Crippen LogP contribution in [0.5, 0.6) is 0 Å². The van der Waals surface area contributed by atoms with Crippen LogP contribution in [-0.2, 0) is 6.54 Å². The van der Waals surface area contributed by atoms with Crippen LogP contribution in [0.2, 0.25) is 0 Å². The van der Waals surface area contributed by atoms with E-state index in [2.05, 4.69) is 27.4 Å². The highest BCUT2D eigenvalue weighted by Gasteiger charge is 1.98. The van der Waals surface area contributed by atoms with Crippen LogP contribution >= 0.6 is 0 Å². The molecule has 88 valence electrons. The topological polar surface area (TPSA) is 37.8 Å². The van der Waals surface area contributed by atoms with Crippen molar-refractivity contribution in [3.8, 4) is 0 Å². The number of allylic oxidation sites excluding steroid dienone is 1. The van der Waals surface area contributed by atoms with Crippen LogP contribution in [0.25, 0.3) is 11.0 Å². The minimum absolute atomic E-state index is 0.773. The van der Waals surface area contributed by atoms with Crippen molar-refractivity contribution in [3.63, 3.8) is 0 Å². The number of nitrogens with one attached hydrogen (secondary N) is 1. The highest BCUT2D eigenvalue weighted by atomic mass is 14.9. The summed E-state index contributed by atoms with van der Waals surface area (Å²) in [6, 6.07) is 7.93. The van der Waals surface area contributed by atoms with Gasteiger partial charge in [0, 0.05) is 6.54 Å². The first-order chi connectivity index (χ1) is 8.40. The number of benzene rings is 1. The van der Waals surface area contributed by atoms with Crippen LogP contribution in [-0.4, -0.2) is 16.5 Å². The number of fused-ring (bicyclic) bond motifs is 1. The largest absolute Gasteiger partial charge is 0.311 e.